The Morgan fingerprint density at radius 1 is 1.24 bits per heavy atom. The molecule has 0 aromatic carbocycles. The molecule has 0 spiro atoms. The highest BCUT2D eigenvalue weighted by Gasteiger charge is 2.26. The summed E-state index contributed by atoms with van der Waals surface area (Å²) in [6, 6.07) is 2.20. The van der Waals surface area contributed by atoms with E-state index in [9.17, 15) is 0 Å². The van der Waals surface area contributed by atoms with Gasteiger partial charge in [0.2, 0.25) is 0 Å². The molecule has 1 fully saturated rings. The molecule has 2 nitrogen and oxygen atoms in total. The van der Waals surface area contributed by atoms with Gasteiger partial charge in [-0.3, -0.25) is 0 Å². The van der Waals surface area contributed by atoms with Crippen molar-refractivity contribution in [2.75, 3.05) is 0 Å². The predicted molar refractivity (Wildman–Crippen MR) is 71.1 cm³/mol. The average Bonchev–Trinajstić information content (AvgIpc) is 2.74. The van der Waals surface area contributed by atoms with E-state index in [1.807, 2.05) is 0 Å². The Morgan fingerprint density at radius 3 is 2.35 bits per heavy atom. The molecular weight excluding hydrogens is 210 g/mol. The maximum Gasteiger partial charge on any atom is 0.113 e. The minimum Gasteiger partial charge on any atom is -0.465 e. The van der Waals surface area contributed by atoms with Crippen LogP contribution in [0.3, 0.4) is 0 Å². The van der Waals surface area contributed by atoms with Crippen LogP contribution in [-0.2, 0) is 12.0 Å². The minimum atomic E-state index is 0.0572. The summed E-state index contributed by atoms with van der Waals surface area (Å²) in [6.07, 6.45) is 6.62. The molecule has 0 saturated heterocycles. The second kappa shape index (κ2) is 4.85. The highest BCUT2D eigenvalue weighted by molar-refractivity contribution is 5.28. The second-order valence-electron chi connectivity index (χ2n) is 6.29. The summed E-state index contributed by atoms with van der Waals surface area (Å²) in [7, 11) is 0. The maximum atomic E-state index is 6.13. The molecule has 17 heavy (non-hydrogen) atoms. The van der Waals surface area contributed by atoms with E-state index in [0.717, 1.165) is 5.76 Å². The van der Waals surface area contributed by atoms with Crippen molar-refractivity contribution in [1.29, 1.82) is 0 Å². The lowest BCUT2D eigenvalue weighted by molar-refractivity contribution is 0.332. The topological polar surface area (TPSA) is 39.2 Å². The Bertz CT molecular complexity index is 367. The molecule has 0 atom stereocenters. The summed E-state index contributed by atoms with van der Waals surface area (Å²) < 4.78 is 6.13. The lowest BCUT2D eigenvalue weighted by Gasteiger charge is -2.20. The monoisotopic (exact) mass is 235 g/mol. The van der Waals surface area contributed by atoms with Gasteiger partial charge in [0.15, 0.2) is 0 Å². The fraction of sp³-hybridized carbons (Fsp3) is 0.733. The predicted octanol–water partition coefficient (Wildman–Crippen LogP) is 4.08. The first-order valence-corrected chi connectivity index (χ1v) is 6.85. The van der Waals surface area contributed by atoms with Crippen LogP contribution in [0.1, 0.15) is 75.9 Å². The van der Waals surface area contributed by atoms with Gasteiger partial charge in [0, 0.05) is 23.4 Å². The SMILES string of the molecule is CC(C)(C)c1oc(C2CCCCC2)cc1CN. The van der Waals surface area contributed by atoms with Crippen molar-refractivity contribution in [2.45, 2.75) is 70.8 Å². The van der Waals surface area contributed by atoms with E-state index >= 15 is 0 Å². The Hall–Kier alpha value is -0.760. The molecular formula is C15H25NO. The van der Waals surface area contributed by atoms with Crippen LogP contribution in [0.25, 0.3) is 0 Å². The molecule has 1 aliphatic carbocycles. The highest BCUT2D eigenvalue weighted by atomic mass is 16.3. The molecule has 1 aromatic heterocycles. The molecule has 2 N–H and O–H groups in total. The van der Waals surface area contributed by atoms with Crippen LogP contribution >= 0.6 is 0 Å². The van der Waals surface area contributed by atoms with Gasteiger partial charge in [-0.15, -0.1) is 0 Å². The van der Waals surface area contributed by atoms with E-state index in [1.165, 1.54) is 43.4 Å². The minimum absolute atomic E-state index is 0.0572. The van der Waals surface area contributed by atoms with Crippen molar-refractivity contribution in [2.24, 2.45) is 5.73 Å². The van der Waals surface area contributed by atoms with Crippen molar-refractivity contribution in [1.82, 2.24) is 0 Å². The maximum absolute atomic E-state index is 6.13. The first kappa shape index (κ1) is 12.7. The van der Waals surface area contributed by atoms with Gasteiger partial charge in [-0.2, -0.15) is 0 Å². The summed E-state index contributed by atoms with van der Waals surface area (Å²) >= 11 is 0. The van der Waals surface area contributed by atoms with E-state index in [1.54, 1.807) is 0 Å². The van der Waals surface area contributed by atoms with E-state index in [4.69, 9.17) is 10.2 Å². The summed E-state index contributed by atoms with van der Waals surface area (Å²) in [6.45, 7) is 7.16. The summed E-state index contributed by atoms with van der Waals surface area (Å²) in [4.78, 5) is 0. The van der Waals surface area contributed by atoms with Gasteiger partial charge in [-0.1, -0.05) is 40.0 Å². The number of hydrogen-bond donors (Lipinski definition) is 1. The molecule has 1 aromatic rings. The first-order chi connectivity index (χ1) is 8.02. The first-order valence-electron chi connectivity index (χ1n) is 6.85. The zero-order chi connectivity index (χ0) is 12.5. The van der Waals surface area contributed by atoms with Gasteiger partial charge >= 0.3 is 0 Å². The van der Waals surface area contributed by atoms with E-state index in [-0.39, 0.29) is 5.41 Å². The van der Waals surface area contributed by atoms with Gasteiger partial charge in [0.25, 0.3) is 0 Å². The molecule has 0 unspecified atom stereocenters. The van der Waals surface area contributed by atoms with Crippen molar-refractivity contribution in [3.63, 3.8) is 0 Å². The summed E-state index contributed by atoms with van der Waals surface area (Å²) in [5, 5.41) is 0. The zero-order valence-electron chi connectivity index (χ0n) is 11.4. The third-order valence-electron chi connectivity index (χ3n) is 3.74. The van der Waals surface area contributed by atoms with Crippen LogP contribution < -0.4 is 5.73 Å². The van der Waals surface area contributed by atoms with E-state index in [0.29, 0.717) is 12.5 Å². The van der Waals surface area contributed by atoms with Gasteiger partial charge < -0.3 is 10.2 Å². The number of rotatable bonds is 2. The molecule has 0 radical (unpaired) electrons. The molecule has 96 valence electrons. The Morgan fingerprint density at radius 2 is 1.88 bits per heavy atom. The number of nitrogens with two attached hydrogens (primary N) is 1. The standard InChI is InChI=1S/C15H25NO/c1-15(2,3)14-12(10-16)9-13(17-14)11-7-5-4-6-8-11/h9,11H,4-8,10,16H2,1-3H3. The Labute approximate surface area is 105 Å². The van der Waals surface area contributed by atoms with Crippen LogP contribution in [0.2, 0.25) is 0 Å². The van der Waals surface area contributed by atoms with Crippen LogP contribution in [0, 0.1) is 0 Å². The van der Waals surface area contributed by atoms with Crippen molar-refractivity contribution in [3.8, 4) is 0 Å². The lowest BCUT2D eigenvalue weighted by Crippen LogP contribution is -2.13. The third kappa shape index (κ3) is 2.74. The van der Waals surface area contributed by atoms with Gasteiger partial charge in [-0.05, 0) is 18.9 Å². The van der Waals surface area contributed by atoms with Crippen LogP contribution in [0.4, 0.5) is 0 Å². The van der Waals surface area contributed by atoms with Crippen LogP contribution in [0.15, 0.2) is 10.5 Å². The van der Waals surface area contributed by atoms with Gasteiger partial charge in [0.1, 0.15) is 11.5 Å². The zero-order valence-corrected chi connectivity index (χ0v) is 11.4. The normalized spacial score (nSPS) is 18.6. The second-order valence-corrected chi connectivity index (χ2v) is 6.29. The summed E-state index contributed by atoms with van der Waals surface area (Å²) in [5.41, 5.74) is 7.08. The summed E-state index contributed by atoms with van der Waals surface area (Å²) in [5.74, 6) is 2.89. The van der Waals surface area contributed by atoms with Crippen LogP contribution in [-0.4, -0.2) is 0 Å². The highest BCUT2D eigenvalue weighted by Crippen LogP contribution is 2.37. The Balaban J connectivity index is 2.27. The third-order valence-corrected chi connectivity index (χ3v) is 3.74. The Kier molecular flexibility index (Phi) is 3.62. The van der Waals surface area contributed by atoms with E-state index in [2.05, 4.69) is 26.8 Å². The average molecular weight is 235 g/mol. The molecule has 2 heteroatoms. The van der Waals surface area contributed by atoms with Gasteiger partial charge in [0.05, 0.1) is 0 Å². The van der Waals surface area contributed by atoms with E-state index < -0.39 is 0 Å². The number of hydrogen-bond acceptors (Lipinski definition) is 2. The van der Waals surface area contributed by atoms with Crippen molar-refractivity contribution >= 4 is 0 Å². The molecule has 1 heterocycles. The molecule has 0 bridgehead atoms. The fourth-order valence-corrected chi connectivity index (χ4v) is 2.82. The molecule has 1 saturated carbocycles. The van der Waals surface area contributed by atoms with Gasteiger partial charge in [-0.25, -0.2) is 0 Å². The molecule has 0 amide bonds. The smallest absolute Gasteiger partial charge is 0.113 e. The van der Waals surface area contributed by atoms with Crippen LogP contribution in [0.5, 0.6) is 0 Å². The molecule has 1 aliphatic rings. The van der Waals surface area contributed by atoms with Crippen molar-refractivity contribution < 1.29 is 4.42 Å². The molecule has 2 rings (SSSR count). The number of furan rings is 1. The largest absolute Gasteiger partial charge is 0.465 e. The molecule has 0 aliphatic heterocycles. The fourth-order valence-electron chi connectivity index (χ4n) is 2.82. The lowest BCUT2D eigenvalue weighted by atomic mass is 9.87. The quantitative estimate of drug-likeness (QED) is 0.838. The van der Waals surface area contributed by atoms with Crippen molar-refractivity contribution in [3.05, 3.63) is 23.2 Å².